The number of carbonyl (C=O) groups is 2. The van der Waals surface area contributed by atoms with Gasteiger partial charge in [-0.25, -0.2) is 0 Å². The molecule has 0 saturated carbocycles. The van der Waals surface area contributed by atoms with Crippen LogP contribution < -0.4 is 25.0 Å². The number of benzene rings is 3. The lowest BCUT2D eigenvalue weighted by Crippen LogP contribution is -2.48. The Bertz CT molecular complexity index is 1270. The number of nitrogens with zero attached hydrogens (tertiary/aromatic N) is 2. The number of hydrogen-bond acceptors (Lipinski definition) is 6. The number of anilines is 2. The summed E-state index contributed by atoms with van der Waals surface area (Å²) in [5, 5.41) is 5.90. The monoisotopic (exact) mass is 518 g/mol. The van der Waals surface area contributed by atoms with E-state index in [2.05, 4.69) is 15.5 Å². The lowest BCUT2D eigenvalue weighted by Gasteiger charge is -2.36. The van der Waals surface area contributed by atoms with Gasteiger partial charge < -0.3 is 24.6 Å². The Morgan fingerprint density at radius 2 is 1.49 bits per heavy atom. The Hall–Kier alpha value is -4.11. The first kappa shape index (κ1) is 26.0. The molecule has 0 spiro atoms. The van der Waals surface area contributed by atoms with Gasteiger partial charge in [0, 0.05) is 54.7 Å². The van der Waals surface area contributed by atoms with Gasteiger partial charge in [-0.2, -0.15) is 0 Å². The Morgan fingerprint density at radius 3 is 2.08 bits per heavy atom. The van der Waals surface area contributed by atoms with Crippen LogP contribution >= 0.6 is 12.2 Å². The van der Waals surface area contributed by atoms with Gasteiger partial charge >= 0.3 is 0 Å². The van der Waals surface area contributed by atoms with Gasteiger partial charge in [-0.15, -0.1) is 0 Å². The number of hydrogen-bond donors (Lipinski definition) is 2. The molecular weight excluding hydrogens is 488 g/mol. The molecule has 0 atom stereocenters. The van der Waals surface area contributed by atoms with Gasteiger partial charge in [-0.1, -0.05) is 18.2 Å². The van der Waals surface area contributed by atoms with Crippen LogP contribution in [0, 0.1) is 6.92 Å². The van der Waals surface area contributed by atoms with E-state index in [9.17, 15) is 9.59 Å². The molecule has 4 rings (SSSR count). The van der Waals surface area contributed by atoms with Gasteiger partial charge in [-0.05, 0) is 67.2 Å². The number of ether oxygens (including phenoxy) is 2. The Balaban J connectivity index is 1.30. The molecule has 3 aromatic carbocycles. The van der Waals surface area contributed by atoms with Gasteiger partial charge in [0.05, 0.1) is 14.2 Å². The predicted octanol–water partition coefficient (Wildman–Crippen LogP) is 4.10. The molecule has 1 aliphatic rings. The molecule has 1 heterocycles. The van der Waals surface area contributed by atoms with Crippen molar-refractivity contribution in [3.63, 3.8) is 0 Å². The van der Waals surface area contributed by atoms with Gasteiger partial charge in [0.2, 0.25) is 0 Å². The quantitative estimate of drug-likeness (QED) is 0.476. The van der Waals surface area contributed by atoms with Crippen molar-refractivity contribution in [2.45, 2.75) is 6.92 Å². The highest BCUT2D eigenvalue weighted by Gasteiger charge is 2.23. The highest BCUT2D eigenvalue weighted by atomic mass is 32.1. The van der Waals surface area contributed by atoms with Crippen LogP contribution in [0.25, 0.3) is 0 Å². The standard InChI is InChI=1S/C28H30N4O4S/c1-19-6-4-5-7-25(19)27(34)32-14-12-31(13-15-32)22-10-8-21(9-11-22)29-28(37)30-26(33)20-16-23(35-2)18-24(17-20)36-3/h4-11,16-18H,12-15H2,1-3H3,(H2,29,30,33,37). The van der Waals surface area contributed by atoms with E-state index in [1.54, 1.807) is 18.2 Å². The third-order valence-electron chi connectivity index (χ3n) is 6.27. The summed E-state index contributed by atoms with van der Waals surface area (Å²) in [6.45, 7) is 4.80. The minimum absolute atomic E-state index is 0.0836. The summed E-state index contributed by atoms with van der Waals surface area (Å²) in [5.41, 5.74) is 3.95. The number of methoxy groups -OCH3 is 2. The van der Waals surface area contributed by atoms with Crippen molar-refractivity contribution in [1.82, 2.24) is 10.2 Å². The van der Waals surface area contributed by atoms with Crippen LogP contribution in [0.1, 0.15) is 26.3 Å². The van der Waals surface area contributed by atoms with Crippen LogP contribution in [0.2, 0.25) is 0 Å². The number of amides is 2. The second kappa shape index (κ2) is 11.7. The third kappa shape index (κ3) is 6.37. The van der Waals surface area contributed by atoms with E-state index in [-0.39, 0.29) is 16.9 Å². The summed E-state index contributed by atoms with van der Waals surface area (Å²) in [7, 11) is 3.05. The summed E-state index contributed by atoms with van der Waals surface area (Å²) in [5.74, 6) is 0.739. The number of thiocarbonyl (C=S) groups is 1. The van der Waals surface area contributed by atoms with E-state index in [0.717, 1.165) is 35.6 Å². The zero-order valence-electron chi connectivity index (χ0n) is 21.1. The van der Waals surface area contributed by atoms with Crippen LogP contribution in [-0.2, 0) is 0 Å². The van der Waals surface area contributed by atoms with Crippen molar-refractivity contribution in [2.24, 2.45) is 0 Å². The zero-order chi connectivity index (χ0) is 26.4. The van der Waals surface area contributed by atoms with Crippen molar-refractivity contribution in [2.75, 3.05) is 50.6 Å². The highest BCUT2D eigenvalue weighted by Crippen LogP contribution is 2.23. The van der Waals surface area contributed by atoms with Crippen LogP contribution in [0.4, 0.5) is 11.4 Å². The fourth-order valence-electron chi connectivity index (χ4n) is 4.18. The van der Waals surface area contributed by atoms with E-state index < -0.39 is 0 Å². The topological polar surface area (TPSA) is 83.1 Å². The molecule has 2 N–H and O–H groups in total. The molecule has 0 bridgehead atoms. The van der Waals surface area contributed by atoms with Crippen molar-refractivity contribution in [3.05, 3.63) is 83.4 Å². The molecule has 1 fully saturated rings. The molecule has 3 aromatic rings. The van der Waals surface area contributed by atoms with Crippen molar-refractivity contribution in [3.8, 4) is 11.5 Å². The number of carbonyl (C=O) groups excluding carboxylic acids is 2. The minimum Gasteiger partial charge on any atom is -0.497 e. The molecule has 9 heteroatoms. The maximum atomic E-state index is 12.9. The van der Waals surface area contributed by atoms with Gasteiger partial charge in [0.15, 0.2) is 5.11 Å². The van der Waals surface area contributed by atoms with Crippen LogP contribution in [-0.4, -0.2) is 62.2 Å². The van der Waals surface area contributed by atoms with Crippen molar-refractivity contribution in [1.29, 1.82) is 0 Å². The SMILES string of the molecule is COc1cc(OC)cc(C(=O)NC(=S)Nc2ccc(N3CCN(C(=O)c4ccccc4C)CC3)cc2)c1. The fraction of sp³-hybridized carbons (Fsp3) is 0.250. The molecule has 0 unspecified atom stereocenters. The summed E-state index contributed by atoms with van der Waals surface area (Å²) < 4.78 is 10.4. The Labute approximate surface area is 222 Å². The molecule has 0 aliphatic carbocycles. The summed E-state index contributed by atoms with van der Waals surface area (Å²) in [4.78, 5) is 29.7. The van der Waals surface area contributed by atoms with Gasteiger partial charge in [0.25, 0.3) is 11.8 Å². The smallest absolute Gasteiger partial charge is 0.257 e. The van der Waals surface area contributed by atoms with E-state index >= 15 is 0 Å². The summed E-state index contributed by atoms with van der Waals surface area (Å²) >= 11 is 5.33. The summed E-state index contributed by atoms with van der Waals surface area (Å²) in [6, 6.07) is 20.4. The number of rotatable bonds is 6. The van der Waals surface area contributed by atoms with Crippen molar-refractivity contribution < 1.29 is 19.1 Å². The molecule has 8 nitrogen and oxygen atoms in total. The zero-order valence-corrected chi connectivity index (χ0v) is 21.9. The molecule has 1 aliphatic heterocycles. The number of piperazine rings is 1. The second-order valence-electron chi connectivity index (χ2n) is 8.65. The first-order valence-corrected chi connectivity index (χ1v) is 12.3. The maximum Gasteiger partial charge on any atom is 0.257 e. The highest BCUT2D eigenvalue weighted by molar-refractivity contribution is 7.80. The predicted molar refractivity (Wildman–Crippen MR) is 149 cm³/mol. The number of aryl methyl sites for hydroxylation is 1. The average molecular weight is 519 g/mol. The molecule has 192 valence electrons. The normalized spacial score (nSPS) is 13.1. The maximum absolute atomic E-state index is 12.9. The van der Waals surface area contributed by atoms with E-state index in [4.69, 9.17) is 21.7 Å². The third-order valence-corrected chi connectivity index (χ3v) is 6.48. The van der Waals surface area contributed by atoms with Crippen LogP contribution in [0.3, 0.4) is 0 Å². The van der Waals surface area contributed by atoms with Crippen molar-refractivity contribution >= 4 is 40.5 Å². The molecule has 2 amide bonds. The lowest BCUT2D eigenvalue weighted by atomic mass is 10.1. The number of nitrogens with one attached hydrogen (secondary N) is 2. The van der Waals surface area contributed by atoms with Crippen LogP contribution in [0.5, 0.6) is 11.5 Å². The van der Waals surface area contributed by atoms with Crippen LogP contribution in [0.15, 0.2) is 66.7 Å². The second-order valence-corrected chi connectivity index (χ2v) is 9.06. The summed E-state index contributed by atoms with van der Waals surface area (Å²) in [6.07, 6.45) is 0. The van der Waals surface area contributed by atoms with E-state index in [0.29, 0.717) is 30.2 Å². The molecule has 37 heavy (non-hydrogen) atoms. The average Bonchev–Trinajstić information content (AvgIpc) is 2.93. The first-order valence-electron chi connectivity index (χ1n) is 11.9. The lowest BCUT2D eigenvalue weighted by molar-refractivity contribution is 0.0746. The van der Waals surface area contributed by atoms with E-state index in [1.807, 2.05) is 60.4 Å². The molecular formula is C28H30N4O4S. The molecule has 0 radical (unpaired) electrons. The van der Waals surface area contributed by atoms with Gasteiger partial charge in [-0.3, -0.25) is 14.9 Å². The molecule has 1 saturated heterocycles. The largest absolute Gasteiger partial charge is 0.497 e. The first-order chi connectivity index (χ1) is 17.9. The fourth-order valence-corrected chi connectivity index (χ4v) is 4.39. The Morgan fingerprint density at radius 1 is 0.865 bits per heavy atom. The Kier molecular flexibility index (Phi) is 8.25. The van der Waals surface area contributed by atoms with Gasteiger partial charge in [0.1, 0.15) is 11.5 Å². The molecule has 0 aromatic heterocycles. The minimum atomic E-state index is -0.371. The van der Waals surface area contributed by atoms with E-state index in [1.165, 1.54) is 14.2 Å².